The Kier molecular flexibility index (Phi) is 4.30. The second-order valence-corrected chi connectivity index (χ2v) is 2.78. The molecular weight excluding hydrogens is 190 g/mol. The van der Waals surface area contributed by atoms with Gasteiger partial charge in [0.15, 0.2) is 0 Å². The fraction of sp³-hybridized carbons (Fsp3) is 0.714. The van der Waals surface area contributed by atoms with E-state index in [0.29, 0.717) is 19.7 Å². The average molecular weight is 203 g/mol. The molecule has 7 heteroatoms. The molecule has 14 heavy (non-hydrogen) atoms. The number of morpholine rings is 1. The van der Waals surface area contributed by atoms with Crippen LogP contribution < -0.4 is 11.4 Å². The van der Waals surface area contributed by atoms with E-state index in [1.54, 1.807) is 10.5 Å². The number of hydrogen-bond acceptors (Lipinski definition) is 6. The van der Waals surface area contributed by atoms with Gasteiger partial charge in [0.2, 0.25) is 5.91 Å². The number of carbonyl (C=O) groups is 2. The minimum absolute atomic E-state index is 0.0875. The minimum Gasteiger partial charge on any atom is -0.370 e. The standard InChI is InChI=1S/C7H13N3O4/c8-9-14-7(12)1-2-10-3-4-13-5-6(10)11/h9H,1-5,8H2. The molecule has 0 unspecified atom stereocenters. The van der Waals surface area contributed by atoms with E-state index in [1.807, 2.05) is 0 Å². The lowest BCUT2D eigenvalue weighted by Gasteiger charge is -2.26. The van der Waals surface area contributed by atoms with E-state index in [2.05, 4.69) is 4.84 Å². The number of nitrogens with one attached hydrogen (secondary N) is 1. The molecule has 1 amide bonds. The summed E-state index contributed by atoms with van der Waals surface area (Å²) in [5, 5.41) is 0. The highest BCUT2D eigenvalue weighted by molar-refractivity contribution is 5.78. The Labute approximate surface area is 81.0 Å². The molecule has 80 valence electrons. The maximum absolute atomic E-state index is 11.2. The average Bonchev–Trinajstić information content (AvgIpc) is 2.17. The molecule has 3 N–H and O–H groups in total. The number of hydrazine groups is 1. The van der Waals surface area contributed by atoms with Gasteiger partial charge in [0, 0.05) is 13.1 Å². The number of hydrogen-bond donors (Lipinski definition) is 2. The molecule has 0 bridgehead atoms. The summed E-state index contributed by atoms with van der Waals surface area (Å²) < 4.78 is 4.93. The molecule has 0 aliphatic carbocycles. The second kappa shape index (κ2) is 5.53. The van der Waals surface area contributed by atoms with E-state index in [-0.39, 0.29) is 18.9 Å². The normalized spacial score (nSPS) is 16.9. The molecule has 0 atom stereocenters. The van der Waals surface area contributed by atoms with Crippen molar-refractivity contribution in [3.8, 4) is 0 Å². The van der Waals surface area contributed by atoms with Crippen LogP contribution in [0.4, 0.5) is 0 Å². The highest BCUT2D eigenvalue weighted by atomic mass is 16.7. The first kappa shape index (κ1) is 10.9. The number of rotatable bonds is 4. The van der Waals surface area contributed by atoms with Crippen LogP contribution in [-0.2, 0) is 19.2 Å². The van der Waals surface area contributed by atoms with E-state index in [1.165, 1.54) is 0 Å². The topological polar surface area (TPSA) is 93.9 Å². The molecule has 1 aliphatic rings. The van der Waals surface area contributed by atoms with E-state index in [9.17, 15) is 9.59 Å². The zero-order chi connectivity index (χ0) is 10.4. The van der Waals surface area contributed by atoms with Gasteiger partial charge in [-0.1, -0.05) is 5.59 Å². The quantitative estimate of drug-likeness (QED) is 0.412. The summed E-state index contributed by atoms with van der Waals surface area (Å²) in [5.74, 6) is 4.17. The Morgan fingerprint density at radius 3 is 3.14 bits per heavy atom. The van der Waals surface area contributed by atoms with Crippen molar-refractivity contribution in [3.05, 3.63) is 0 Å². The molecule has 0 aromatic carbocycles. The van der Waals surface area contributed by atoms with Crippen molar-refractivity contribution >= 4 is 11.9 Å². The zero-order valence-electron chi connectivity index (χ0n) is 7.69. The summed E-state index contributed by atoms with van der Waals surface area (Å²) in [6.45, 7) is 1.45. The van der Waals surface area contributed by atoms with E-state index in [0.717, 1.165) is 0 Å². The summed E-state index contributed by atoms with van der Waals surface area (Å²) in [5.41, 5.74) is 1.79. The Morgan fingerprint density at radius 1 is 1.71 bits per heavy atom. The van der Waals surface area contributed by atoms with Crippen molar-refractivity contribution in [3.63, 3.8) is 0 Å². The van der Waals surface area contributed by atoms with Crippen molar-refractivity contribution in [2.24, 2.45) is 5.84 Å². The Hall–Kier alpha value is -1.18. The van der Waals surface area contributed by atoms with Gasteiger partial charge >= 0.3 is 5.97 Å². The summed E-state index contributed by atoms with van der Waals surface area (Å²) in [6.07, 6.45) is 0.121. The van der Waals surface area contributed by atoms with Crippen molar-refractivity contribution in [2.75, 3.05) is 26.3 Å². The van der Waals surface area contributed by atoms with Crippen LogP contribution in [0.5, 0.6) is 0 Å². The monoisotopic (exact) mass is 203 g/mol. The SMILES string of the molecule is NNOC(=O)CCN1CCOCC1=O. The zero-order valence-corrected chi connectivity index (χ0v) is 7.69. The molecule has 1 aliphatic heterocycles. The van der Waals surface area contributed by atoms with Crippen LogP contribution in [0.1, 0.15) is 6.42 Å². The molecular formula is C7H13N3O4. The van der Waals surface area contributed by atoms with Crippen LogP contribution in [0, 0.1) is 0 Å². The Morgan fingerprint density at radius 2 is 2.50 bits per heavy atom. The van der Waals surface area contributed by atoms with Crippen LogP contribution >= 0.6 is 0 Å². The van der Waals surface area contributed by atoms with Crippen molar-refractivity contribution in [2.45, 2.75) is 6.42 Å². The van der Waals surface area contributed by atoms with Crippen LogP contribution in [-0.4, -0.2) is 43.1 Å². The van der Waals surface area contributed by atoms with Crippen LogP contribution in [0.2, 0.25) is 0 Å². The molecule has 1 saturated heterocycles. The highest BCUT2D eigenvalue weighted by Crippen LogP contribution is 2.00. The molecule has 1 rings (SSSR count). The second-order valence-electron chi connectivity index (χ2n) is 2.78. The molecule has 1 heterocycles. The Balaban J connectivity index is 2.22. The van der Waals surface area contributed by atoms with E-state index < -0.39 is 5.97 Å². The predicted octanol–water partition coefficient (Wildman–Crippen LogP) is -1.84. The van der Waals surface area contributed by atoms with Gasteiger partial charge in [-0.05, 0) is 0 Å². The lowest BCUT2D eigenvalue weighted by Crippen LogP contribution is -2.42. The van der Waals surface area contributed by atoms with Gasteiger partial charge < -0.3 is 14.5 Å². The summed E-state index contributed by atoms with van der Waals surface area (Å²) >= 11 is 0. The lowest BCUT2D eigenvalue weighted by atomic mass is 10.3. The van der Waals surface area contributed by atoms with Crippen molar-refractivity contribution in [1.82, 2.24) is 10.5 Å². The molecule has 0 aromatic rings. The summed E-state index contributed by atoms with van der Waals surface area (Å²) in [4.78, 5) is 27.9. The van der Waals surface area contributed by atoms with Gasteiger partial charge in [-0.3, -0.25) is 9.59 Å². The minimum atomic E-state index is -0.494. The van der Waals surface area contributed by atoms with Crippen molar-refractivity contribution < 1.29 is 19.2 Å². The third kappa shape index (κ3) is 3.29. The summed E-state index contributed by atoms with van der Waals surface area (Å²) in [7, 11) is 0. The van der Waals surface area contributed by atoms with Crippen LogP contribution in [0.3, 0.4) is 0 Å². The number of nitrogens with two attached hydrogens (primary N) is 1. The van der Waals surface area contributed by atoms with Gasteiger partial charge in [0.05, 0.1) is 13.0 Å². The largest absolute Gasteiger partial charge is 0.370 e. The Bertz CT molecular complexity index is 221. The van der Waals surface area contributed by atoms with Gasteiger partial charge in [0.1, 0.15) is 6.61 Å². The molecule has 1 fully saturated rings. The predicted molar refractivity (Wildman–Crippen MR) is 45.4 cm³/mol. The maximum atomic E-state index is 11.2. The lowest BCUT2D eigenvalue weighted by molar-refractivity contribution is -0.153. The number of carbonyl (C=O) groups excluding carboxylic acids is 2. The smallest absolute Gasteiger partial charge is 0.328 e. The van der Waals surface area contributed by atoms with Crippen molar-refractivity contribution in [1.29, 1.82) is 0 Å². The van der Waals surface area contributed by atoms with Gasteiger partial charge in [-0.2, -0.15) is 0 Å². The fourth-order valence-corrected chi connectivity index (χ4v) is 1.13. The van der Waals surface area contributed by atoms with Gasteiger partial charge in [-0.25, -0.2) is 5.84 Å². The third-order valence-electron chi connectivity index (χ3n) is 1.84. The number of nitrogens with zero attached hydrogens (tertiary/aromatic N) is 1. The maximum Gasteiger partial charge on any atom is 0.328 e. The highest BCUT2D eigenvalue weighted by Gasteiger charge is 2.19. The summed E-state index contributed by atoms with van der Waals surface area (Å²) in [6, 6.07) is 0. The first-order valence-corrected chi connectivity index (χ1v) is 4.25. The molecule has 0 radical (unpaired) electrons. The molecule has 7 nitrogen and oxygen atoms in total. The van der Waals surface area contributed by atoms with Gasteiger partial charge in [-0.15, -0.1) is 0 Å². The van der Waals surface area contributed by atoms with Gasteiger partial charge in [0.25, 0.3) is 0 Å². The first-order valence-electron chi connectivity index (χ1n) is 4.25. The third-order valence-corrected chi connectivity index (χ3v) is 1.84. The number of amides is 1. The first-order chi connectivity index (χ1) is 6.74. The fourth-order valence-electron chi connectivity index (χ4n) is 1.13. The molecule has 0 aromatic heterocycles. The van der Waals surface area contributed by atoms with Crippen LogP contribution in [0.15, 0.2) is 0 Å². The number of ether oxygens (including phenoxy) is 1. The van der Waals surface area contributed by atoms with E-state index in [4.69, 9.17) is 10.6 Å². The molecule has 0 saturated carbocycles. The van der Waals surface area contributed by atoms with Crippen LogP contribution in [0.25, 0.3) is 0 Å². The molecule has 0 spiro atoms. The van der Waals surface area contributed by atoms with E-state index >= 15 is 0 Å².